The first-order valence-electron chi connectivity index (χ1n) is 14.6. The summed E-state index contributed by atoms with van der Waals surface area (Å²) in [5.41, 5.74) is 5.65. The number of pyridine rings is 1. The van der Waals surface area contributed by atoms with Crippen LogP contribution in [0.15, 0.2) is 60.7 Å². The molecule has 204 valence electrons. The molecule has 0 radical (unpaired) electrons. The van der Waals surface area contributed by atoms with Gasteiger partial charge in [-0.05, 0) is 30.7 Å². The highest BCUT2D eigenvalue weighted by Gasteiger charge is 2.17. The minimum absolute atomic E-state index is 0.699. The topological polar surface area (TPSA) is 57.8 Å². The third kappa shape index (κ3) is 6.32. The largest absolute Gasteiger partial charge is 0.493 e. The van der Waals surface area contributed by atoms with Crippen LogP contribution in [0.1, 0.15) is 71.1 Å². The Hall–Kier alpha value is -3.67. The lowest BCUT2D eigenvalue weighted by Crippen LogP contribution is -2.03. The summed E-state index contributed by atoms with van der Waals surface area (Å²) in [5.74, 6) is 2.45. The average Bonchev–Trinajstić information content (AvgIpc) is 3.48. The number of hydrogen-bond acceptors (Lipinski definition) is 4. The van der Waals surface area contributed by atoms with Crippen LogP contribution in [0.3, 0.4) is 0 Å². The number of aryl methyl sites for hydroxylation is 2. The van der Waals surface area contributed by atoms with E-state index in [0.29, 0.717) is 6.61 Å². The van der Waals surface area contributed by atoms with Crippen molar-refractivity contribution in [3.05, 3.63) is 60.7 Å². The van der Waals surface area contributed by atoms with Gasteiger partial charge in [0.15, 0.2) is 11.6 Å². The summed E-state index contributed by atoms with van der Waals surface area (Å²) >= 11 is 0. The van der Waals surface area contributed by atoms with Crippen LogP contribution in [0.25, 0.3) is 45.1 Å². The van der Waals surface area contributed by atoms with Crippen molar-refractivity contribution in [3.8, 4) is 28.8 Å². The molecule has 0 unspecified atom stereocenters. The summed E-state index contributed by atoms with van der Waals surface area (Å²) in [6.07, 6.45) is 13.1. The van der Waals surface area contributed by atoms with Crippen molar-refractivity contribution in [2.75, 3.05) is 6.61 Å². The van der Waals surface area contributed by atoms with E-state index in [1.807, 2.05) is 62.6 Å². The smallest absolute Gasteiger partial charge is 0.159 e. The molecule has 3 aromatic heterocycles. The monoisotopic (exact) mass is 523 g/mol. The third-order valence-corrected chi connectivity index (χ3v) is 7.60. The highest BCUT2D eigenvalue weighted by atomic mass is 16.5. The Morgan fingerprint density at radius 1 is 0.590 bits per heavy atom. The first-order valence-corrected chi connectivity index (χ1v) is 14.6. The van der Waals surface area contributed by atoms with E-state index in [1.165, 1.54) is 57.8 Å². The van der Waals surface area contributed by atoms with Crippen LogP contribution in [0.2, 0.25) is 0 Å². The van der Waals surface area contributed by atoms with Gasteiger partial charge in [-0.3, -0.25) is 0 Å². The summed E-state index contributed by atoms with van der Waals surface area (Å²) in [6, 6.07) is 20.4. The minimum atomic E-state index is 0.699. The van der Waals surface area contributed by atoms with Crippen LogP contribution in [-0.2, 0) is 14.1 Å². The van der Waals surface area contributed by atoms with Crippen LogP contribution in [0.5, 0.6) is 5.75 Å². The number of para-hydroxylation sites is 4. The van der Waals surface area contributed by atoms with Gasteiger partial charge in [0.1, 0.15) is 17.1 Å². The van der Waals surface area contributed by atoms with Gasteiger partial charge in [0.2, 0.25) is 0 Å². The Morgan fingerprint density at radius 3 is 1.54 bits per heavy atom. The molecule has 0 aliphatic rings. The summed E-state index contributed by atoms with van der Waals surface area (Å²) in [5, 5.41) is 0. The molecule has 0 fully saturated rings. The highest BCUT2D eigenvalue weighted by Crippen LogP contribution is 2.31. The number of benzene rings is 2. The lowest BCUT2D eigenvalue weighted by molar-refractivity contribution is 0.304. The maximum absolute atomic E-state index is 6.32. The van der Waals surface area contributed by atoms with E-state index >= 15 is 0 Å². The van der Waals surface area contributed by atoms with Crippen molar-refractivity contribution in [1.29, 1.82) is 0 Å². The Bertz CT molecular complexity index is 1420. The Kier molecular flexibility index (Phi) is 8.92. The summed E-state index contributed by atoms with van der Waals surface area (Å²) < 4.78 is 10.5. The highest BCUT2D eigenvalue weighted by molar-refractivity contribution is 5.82. The molecule has 2 aromatic carbocycles. The number of nitrogens with zero attached hydrogens (tertiary/aromatic N) is 5. The molecule has 6 heteroatoms. The van der Waals surface area contributed by atoms with Crippen molar-refractivity contribution in [2.24, 2.45) is 14.1 Å². The number of rotatable bonds is 14. The quantitative estimate of drug-likeness (QED) is 0.137. The van der Waals surface area contributed by atoms with Gasteiger partial charge in [-0.25, -0.2) is 15.0 Å². The predicted octanol–water partition coefficient (Wildman–Crippen LogP) is 8.49. The second kappa shape index (κ2) is 12.9. The van der Waals surface area contributed by atoms with Gasteiger partial charge >= 0.3 is 0 Å². The molecule has 5 aromatic rings. The molecular formula is C33H41N5O. The van der Waals surface area contributed by atoms with E-state index in [1.54, 1.807) is 0 Å². The number of imidazole rings is 2. The second-order valence-corrected chi connectivity index (χ2v) is 10.6. The Balaban J connectivity index is 1.32. The first kappa shape index (κ1) is 26.9. The molecule has 0 aliphatic heterocycles. The Morgan fingerprint density at radius 2 is 1.05 bits per heavy atom. The van der Waals surface area contributed by atoms with E-state index in [2.05, 4.69) is 28.2 Å². The molecule has 0 atom stereocenters. The molecule has 0 amide bonds. The number of fused-ring (bicyclic) bond motifs is 2. The summed E-state index contributed by atoms with van der Waals surface area (Å²) in [6.45, 7) is 2.97. The molecule has 39 heavy (non-hydrogen) atoms. The van der Waals surface area contributed by atoms with Gasteiger partial charge in [0.25, 0.3) is 0 Å². The maximum atomic E-state index is 6.32. The number of ether oxygens (including phenoxy) is 1. The molecule has 0 bridgehead atoms. The minimum Gasteiger partial charge on any atom is -0.493 e. The van der Waals surface area contributed by atoms with E-state index in [-0.39, 0.29) is 0 Å². The van der Waals surface area contributed by atoms with Crippen LogP contribution in [0, 0.1) is 0 Å². The summed E-state index contributed by atoms with van der Waals surface area (Å²) in [7, 11) is 4.08. The normalized spacial score (nSPS) is 11.6. The van der Waals surface area contributed by atoms with E-state index in [4.69, 9.17) is 19.7 Å². The molecule has 3 heterocycles. The van der Waals surface area contributed by atoms with Crippen LogP contribution >= 0.6 is 0 Å². The molecular weight excluding hydrogens is 482 g/mol. The number of unbranched alkanes of at least 4 members (excludes halogenated alkanes) is 9. The first-order chi connectivity index (χ1) is 19.2. The number of aromatic nitrogens is 5. The molecule has 0 N–H and O–H groups in total. The summed E-state index contributed by atoms with van der Waals surface area (Å²) in [4.78, 5) is 14.8. The molecule has 5 rings (SSSR count). The standard InChI is InChI=1S/C33H41N5O/c1-4-5-6-7-8-9-10-11-12-17-22-39-25-23-28(32-35-26-18-13-15-20-30(26)37(32)2)34-29(24-25)33-36-27-19-14-16-21-31(27)38(33)3/h13-16,18-21,23-24H,4-12,17,22H2,1-3H3. The van der Waals surface area contributed by atoms with E-state index < -0.39 is 0 Å². The van der Waals surface area contributed by atoms with Crippen LogP contribution < -0.4 is 4.74 Å². The van der Waals surface area contributed by atoms with Crippen molar-refractivity contribution >= 4 is 22.1 Å². The predicted molar refractivity (Wildman–Crippen MR) is 161 cm³/mol. The fourth-order valence-electron chi connectivity index (χ4n) is 5.35. The van der Waals surface area contributed by atoms with Crippen molar-refractivity contribution in [3.63, 3.8) is 0 Å². The molecule has 0 saturated carbocycles. The maximum Gasteiger partial charge on any atom is 0.159 e. The van der Waals surface area contributed by atoms with Gasteiger partial charge in [-0.15, -0.1) is 0 Å². The SMILES string of the molecule is CCCCCCCCCCCCOc1cc(-c2nc3ccccc3n2C)nc(-c2nc3ccccc3n2C)c1. The van der Waals surface area contributed by atoms with E-state index in [9.17, 15) is 0 Å². The Labute approximate surface area is 232 Å². The molecule has 0 saturated heterocycles. The van der Waals surface area contributed by atoms with Crippen LogP contribution in [-0.4, -0.2) is 30.7 Å². The van der Waals surface area contributed by atoms with Crippen LogP contribution in [0.4, 0.5) is 0 Å². The van der Waals surface area contributed by atoms with Crippen molar-refractivity contribution in [2.45, 2.75) is 71.1 Å². The van der Waals surface area contributed by atoms with Gasteiger partial charge in [-0.1, -0.05) is 89.0 Å². The third-order valence-electron chi connectivity index (χ3n) is 7.60. The van der Waals surface area contributed by atoms with Gasteiger partial charge in [-0.2, -0.15) is 0 Å². The second-order valence-electron chi connectivity index (χ2n) is 10.6. The zero-order valence-electron chi connectivity index (χ0n) is 23.7. The molecule has 0 aliphatic carbocycles. The molecule has 6 nitrogen and oxygen atoms in total. The zero-order chi connectivity index (χ0) is 27.0. The fourth-order valence-corrected chi connectivity index (χ4v) is 5.35. The molecule has 0 spiro atoms. The lowest BCUT2D eigenvalue weighted by Gasteiger charge is -2.11. The average molecular weight is 524 g/mol. The zero-order valence-corrected chi connectivity index (χ0v) is 23.7. The number of hydrogen-bond donors (Lipinski definition) is 0. The van der Waals surface area contributed by atoms with Gasteiger partial charge in [0.05, 0.1) is 28.7 Å². The van der Waals surface area contributed by atoms with Crippen molar-refractivity contribution in [1.82, 2.24) is 24.1 Å². The van der Waals surface area contributed by atoms with Crippen molar-refractivity contribution < 1.29 is 4.74 Å². The van der Waals surface area contributed by atoms with Gasteiger partial charge in [0, 0.05) is 26.2 Å². The van der Waals surface area contributed by atoms with E-state index in [0.717, 1.165) is 57.3 Å². The fraction of sp³-hybridized carbons (Fsp3) is 0.424. The lowest BCUT2D eigenvalue weighted by atomic mass is 10.1. The van der Waals surface area contributed by atoms with Gasteiger partial charge < -0.3 is 13.9 Å².